The van der Waals surface area contributed by atoms with Crippen molar-refractivity contribution in [2.45, 2.75) is 30.8 Å². The first-order valence-electron chi connectivity index (χ1n) is 6.45. The molecule has 1 heterocycles. The number of piperidine rings is 1. The van der Waals surface area contributed by atoms with E-state index in [9.17, 15) is 13.5 Å². The monoisotopic (exact) mass is 285 g/mol. The van der Waals surface area contributed by atoms with Crippen molar-refractivity contribution in [1.29, 1.82) is 0 Å². The molecule has 0 aromatic heterocycles. The van der Waals surface area contributed by atoms with Gasteiger partial charge in [0, 0.05) is 19.2 Å². The maximum Gasteiger partial charge on any atom is 0.243 e. The van der Waals surface area contributed by atoms with Gasteiger partial charge in [-0.15, -0.1) is 0 Å². The van der Waals surface area contributed by atoms with Crippen molar-refractivity contribution in [2.75, 3.05) is 19.7 Å². The van der Waals surface area contributed by atoms with Gasteiger partial charge in [-0.3, -0.25) is 0 Å². The zero-order chi connectivity index (χ0) is 13.9. The number of hydrogen-bond donors (Lipinski definition) is 1. The Morgan fingerprint density at radius 3 is 2.68 bits per heavy atom. The van der Waals surface area contributed by atoms with E-state index in [-0.39, 0.29) is 11.0 Å². The van der Waals surface area contributed by atoms with Crippen LogP contribution in [-0.4, -0.2) is 43.6 Å². The molecule has 6 heteroatoms. The molecule has 1 aromatic rings. The van der Waals surface area contributed by atoms with Crippen LogP contribution < -0.4 is 4.74 Å². The molecule has 1 fully saturated rings. The van der Waals surface area contributed by atoms with Gasteiger partial charge < -0.3 is 9.84 Å². The van der Waals surface area contributed by atoms with Gasteiger partial charge in [0.15, 0.2) is 0 Å². The van der Waals surface area contributed by atoms with E-state index in [1.165, 1.54) is 4.31 Å². The SMILES string of the molecule is CCOc1cccc(S(=O)(=O)N2CCC(O)CC2)c1. The fraction of sp³-hybridized carbons (Fsp3) is 0.538. The fourth-order valence-corrected chi connectivity index (χ4v) is 3.63. The van der Waals surface area contributed by atoms with Crippen LogP contribution in [0.3, 0.4) is 0 Å². The number of ether oxygens (including phenoxy) is 1. The number of benzene rings is 1. The van der Waals surface area contributed by atoms with Gasteiger partial charge >= 0.3 is 0 Å². The normalized spacial score (nSPS) is 18.4. The van der Waals surface area contributed by atoms with Gasteiger partial charge in [-0.2, -0.15) is 4.31 Å². The van der Waals surface area contributed by atoms with E-state index in [0.29, 0.717) is 38.3 Å². The zero-order valence-electron chi connectivity index (χ0n) is 10.9. The number of aliphatic hydroxyl groups is 1. The van der Waals surface area contributed by atoms with Crippen LogP contribution >= 0.6 is 0 Å². The summed E-state index contributed by atoms with van der Waals surface area (Å²) < 4.78 is 31.6. The number of aliphatic hydroxyl groups excluding tert-OH is 1. The van der Waals surface area contributed by atoms with Crippen molar-refractivity contribution >= 4 is 10.0 Å². The maximum atomic E-state index is 12.4. The summed E-state index contributed by atoms with van der Waals surface area (Å²) in [4.78, 5) is 0.245. The quantitative estimate of drug-likeness (QED) is 0.903. The van der Waals surface area contributed by atoms with Crippen LogP contribution in [0.25, 0.3) is 0 Å². The first-order chi connectivity index (χ1) is 9.04. The summed E-state index contributed by atoms with van der Waals surface area (Å²) in [5.41, 5.74) is 0. The molecule has 0 unspecified atom stereocenters. The average molecular weight is 285 g/mol. The van der Waals surface area contributed by atoms with E-state index < -0.39 is 10.0 Å². The molecule has 106 valence electrons. The van der Waals surface area contributed by atoms with Crippen LogP contribution in [0.15, 0.2) is 29.2 Å². The van der Waals surface area contributed by atoms with Crippen molar-refractivity contribution in [3.63, 3.8) is 0 Å². The number of nitrogens with zero attached hydrogens (tertiary/aromatic N) is 1. The van der Waals surface area contributed by atoms with Crippen molar-refractivity contribution in [3.05, 3.63) is 24.3 Å². The minimum absolute atomic E-state index is 0.245. The topological polar surface area (TPSA) is 66.8 Å². The Hall–Kier alpha value is -1.11. The Morgan fingerprint density at radius 2 is 2.05 bits per heavy atom. The molecule has 0 spiro atoms. The molecule has 5 nitrogen and oxygen atoms in total. The van der Waals surface area contributed by atoms with E-state index in [4.69, 9.17) is 4.74 Å². The highest BCUT2D eigenvalue weighted by Crippen LogP contribution is 2.23. The molecule has 0 atom stereocenters. The van der Waals surface area contributed by atoms with Gasteiger partial charge in [0.05, 0.1) is 17.6 Å². The zero-order valence-corrected chi connectivity index (χ0v) is 11.8. The van der Waals surface area contributed by atoms with Gasteiger partial charge in [-0.25, -0.2) is 8.42 Å². The number of sulfonamides is 1. The molecule has 0 radical (unpaired) electrons. The van der Waals surface area contributed by atoms with Crippen LogP contribution in [0, 0.1) is 0 Å². The van der Waals surface area contributed by atoms with Crippen LogP contribution in [0.5, 0.6) is 5.75 Å². The lowest BCUT2D eigenvalue weighted by atomic mass is 10.1. The number of hydrogen-bond acceptors (Lipinski definition) is 4. The van der Waals surface area contributed by atoms with Crippen LogP contribution in [0.4, 0.5) is 0 Å². The summed E-state index contributed by atoms with van der Waals surface area (Å²) in [6.45, 7) is 3.08. The predicted octanol–water partition coefficient (Wildman–Crippen LogP) is 1.23. The molecule has 0 bridgehead atoms. The van der Waals surface area contributed by atoms with Crippen LogP contribution in [-0.2, 0) is 10.0 Å². The lowest BCUT2D eigenvalue weighted by Gasteiger charge is -2.28. The number of rotatable bonds is 4. The smallest absolute Gasteiger partial charge is 0.243 e. The Kier molecular flexibility index (Phi) is 4.44. The van der Waals surface area contributed by atoms with Crippen molar-refractivity contribution in [1.82, 2.24) is 4.31 Å². The lowest BCUT2D eigenvalue weighted by molar-refractivity contribution is 0.113. The molecule has 1 N–H and O–H groups in total. The van der Waals surface area contributed by atoms with E-state index in [1.807, 2.05) is 6.92 Å². The van der Waals surface area contributed by atoms with Gasteiger partial charge in [0.1, 0.15) is 5.75 Å². The summed E-state index contributed by atoms with van der Waals surface area (Å²) in [7, 11) is -3.48. The Labute approximate surface area is 113 Å². The molecule has 1 aliphatic heterocycles. The average Bonchev–Trinajstić information content (AvgIpc) is 2.40. The van der Waals surface area contributed by atoms with Crippen molar-refractivity contribution < 1.29 is 18.3 Å². The van der Waals surface area contributed by atoms with Gasteiger partial charge in [0.25, 0.3) is 0 Å². The molecule has 0 amide bonds. The molecule has 1 aliphatic rings. The first-order valence-corrected chi connectivity index (χ1v) is 7.89. The third-order valence-electron chi connectivity index (χ3n) is 3.18. The van der Waals surface area contributed by atoms with Gasteiger partial charge in [-0.05, 0) is 31.9 Å². The highest BCUT2D eigenvalue weighted by Gasteiger charge is 2.28. The molecule has 19 heavy (non-hydrogen) atoms. The highest BCUT2D eigenvalue weighted by molar-refractivity contribution is 7.89. The predicted molar refractivity (Wildman–Crippen MR) is 71.6 cm³/mol. The second-order valence-corrected chi connectivity index (χ2v) is 6.48. The van der Waals surface area contributed by atoms with E-state index in [0.717, 1.165) is 0 Å². The largest absolute Gasteiger partial charge is 0.494 e. The van der Waals surface area contributed by atoms with Gasteiger partial charge in [-0.1, -0.05) is 6.07 Å². The second-order valence-electron chi connectivity index (χ2n) is 4.54. The Morgan fingerprint density at radius 1 is 1.37 bits per heavy atom. The van der Waals surface area contributed by atoms with E-state index in [1.54, 1.807) is 24.3 Å². The summed E-state index contributed by atoms with van der Waals surface area (Å²) in [5, 5.41) is 9.44. The summed E-state index contributed by atoms with van der Waals surface area (Å²) in [5.74, 6) is 0.556. The van der Waals surface area contributed by atoms with Crippen LogP contribution in [0.2, 0.25) is 0 Å². The molecule has 2 rings (SSSR count). The second kappa shape index (κ2) is 5.90. The maximum absolute atomic E-state index is 12.4. The summed E-state index contributed by atoms with van der Waals surface area (Å²) >= 11 is 0. The summed E-state index contributed by atoms with van der Waals surface area (Å²) in [6, 6.07) is 6.53. The third kappa shape index (κ3) is 3.26. The summed E-state index contributed by atoms with van der Waals surface area (Å²) in [6.07, 6.45) is 0.593. The first kappa shape index (κ1) is 14.3. The van der Waals surface area contributed by atoms with Crippen molar-refractivity contribution in [3.8, 4) is 5.75 Å². The van der Waals surface area contributed by atoms with E-state index in [2.05, 4.69) is 0 Å². The highest BCUT2D eigenvalue weighted by atomic mass is 32.2. The molecule has 1 saturated heterocycles. The minimum Gasteiger partial charge on any atom is -0.494 e. The third-order valence-corrected chi connectivity index (χ3v) is 5.07. The Bertz CT molecular complexity index is 521. The molecule has 1 aromatic carbocycles. The molecular formula is C13H19NO4S. The molecule has 0 saturated carbocycles. The van der Waals surface area contributed by atoms with E-state index >= 15 is 0 Å². The molecule has 0 aliphatic carbocycles. The fourth-order valence-electron chi connectivity index (χ4n) is 2.12. The lowest BCUT2D eigenvalue weighted by Crippen LogP contribution is -2.39. The van der Waals surface area contributed by atoms with Gasteiger partial charge in [0.2, 0.25) is 10.0 Å². The van der Waals surface area contributed by atoms with Crippen molar-refractivity contribution in [2.24, 2.45) is 0 Å². The minimum atomic E-state index is -3.48. The molecular weight excluding hydrogens is 266 g/mol. The Balaban J connectivity index is 2.21. The standard InChI is InChI=1S/C13H19NO4S/c1-2-18-12-4-3-5-13(10-12)19(16,17)14-8-6-11(15)7-9-14/h3-5,10-11,15H,2,6-9H2,1H3. The van der Waals surface area contributed by atoms with Crippen LogP contribution in [0.1, 0.15) is 19.8 Å².